The van der Waals surface area contributed by atoms with E-state index in [4.69, 9.17) is 19.9 Å². The van der Waals surface area contributed by atoms with Crippen LogP contribution in [-0.2, 0) is 13.2 Å². The summed E-state index contributed by atoms with van der Waals surface area (Å²) in [6.45, 7) is 1.67. The maximum atomic E-state index is 6.39. The lowest BCUT2D eigenvalue weighted by Gasteiger charge is -2.12. The highest BCUT2D eigenvalue weighted by Crippen LogP contribution is 2.39. The number of hydrogen-bond donors (Lipinski definition) is 1. The first-order valence-corrected chi connectivity index (χ1v) is 12.9. The number of hydrogen-bond acceptors (Lipinski definition) is 7. The van der Waals surface area contributed by atoms with Crippen LogP contribution in [0.1, 0.15) is 5.56 Å². The van der Waals surface area contributed by atoms with Gasteiger partial charge in [0, 0.05) is 30.2 Å². The Morgan fingerprint density at radius 2 is 1.80 bits per heavy atom. The molecule has 0 spiro atoms. The minimum absolute atomic E-state index is 0.398. The van der Waals surface area contributed by atoms with E-state index in [-0.39, 0.29) is 0 Å². The Balaban J connectivity index is 1.31. The van der Waals surface area contributed by atoms with Gasteiger partial charge >= 0.3 is 0 Å². The van der Waals surface area contributed by atoms with Crippen LogP contribution in [0.15, 0.2) is 104 Å². The van der Waals surface area contributed by atoms with Crippen LogP contribution in [0.3, 0.4) is 0 Å². The van der Waals surface area contributed by atoms with E-state index in [0.29, 0.717) is 42.7 Å². The second-order valence-electron chi connectivity index (χ2n) is 9.16. The lowest BCUT2D eigenvalue weighted by molar-refractivity contribution is 0.284. The number of methoxy groups -OCH3 is 1. The first-order valence-electron chi connectivity index (χ1n) is 12.9. The number of nitrogens with two attached hydrogens (primary N) is 1. The summed E-state index contributed by atoms with van der Waals surface area (Å²) in [6, 6.07) is 23.7. The van der Waals surface area contributed by atoms with Crippen molar-refractivity contribution in [3.63, 3.8) is 0 Å². The quantitative estimate of drug-likeness (QED) is 0.247. The molecule has 0 atom stereocenters. The van der Waals surface area contributed by atoms with Gasteiger partial charge in [-0.1, -0.05) is 42.5 Å². The highest BCUT2D eigenvalue weighted by molar-refractivity contribution is 6.01. The minimum Gasteiger partial charge on any atom is -0.493 e. The van der Waals surface area contributed by atoms with Crippen molar-refractivity contribution in [2.24, 2.45) is 0 Å². The van der Waals surface area contributed by atoms with E-state index >= 15 is 0 Å². The lowest BCUT2D eigenvalue weighted by atomic mass is 10.1. The number of nitrogen functional groups attached to an aromatic ring is 1. The summed E-state index contributed by atoms with van der Waals surface area (Å²) in [6.07, 6.45) is 8.93. The molecule has 6 aromatic rings. The molecule has 0 unspecified atom stereocenters. The number of nitrogens with zero attached hydrogens (tertiary/aromatic N) is 5. The number of aromatic nitrogens is 5. The summed E-state index contributed by atoms with van der Waals surface area (Å²) < 4.78 is 21.7. The molecule has 200 valence electrons. The third-order valence-electron chi connectivity index (χ3n) is 6.60. The van der Waals surface area contributed by atoms with Gasteiger partial charge in [0.05, 0.1) is 31.1 Å². The van der Waals surface area contributed by atoms with E-state index in [1.807, 2.05) is 94.3 Å². The molecule has 0 fully saturated rings. The number of anilines is 1. The molecule has 0 radical (unpaired) electrons. The molecule has 3 aromatic heterocycles. The van der Waals surface area contributed by atoms with E-state index in [1.54, 1.807) is 19.6 Å². The first-order chi connectivity index (χ1) is 19.7. The fraction of sp³-hybridized carbons (Fsp3) is 0.129. The summed E-state index contributed by atoms with van der Waals surface area (Å²) >= 11 is 0. The molecule has 0 bridgehead atoms. The molecule has 0 saturated heterocycles. The second-order valence-corrected chi connectivity index (χ2v) is 9.16. The predicted octanol–water partition coefficient (Wildman–Crippen LogP) is 5.53. The minimum atomic E-state index is 0.398. The number of fused-ring (bicyclic) bond motifs is 1. The lowest BCUT2D eigenvalue weighted by Crippen LogP contribution is -2.06. The van der Waals surface area contributed by atoms with Crippen molar-refractivity contribution in [2.45, 2.75) is 13.2 Å². The Bertz CT molecular complexity index is 1730. The molecule has 3 aromatic carbocycles. The van der Waals surface area contributed by atoms with Gasteiger partial charge in [0.25, 0.3) is 0 Å². The molecule has 9 heteroatoms. The molecule has 0 amide bonds. The van der Waals surface area contributed by atoms with Crippen molar-refractivity contribution in [1.29, 1.82) is 0 Å². The van der Waals surface area contributed by atoms with Gasteiger partial charge in [0.1, 0.15) is 31.1 Å². The Morgan fingerprint density at radius 1 is 0.900 bits per heavy atom. The molecule has 6 rings (SSSR count). The zero-order chi connectivity index (χ0) is 27.3. The van der Waals surface area contributed by atoms with Crippen LogP contribution in [0.25, 0.3) is 27.8 Å². The van der Waals surface area contributed by atoms with Crippen LogP contribution in [0, 0.1) is 0 Å². The maximum absolute atomic E-state index is 6.39. The van der Waals surface area contributed by atoms with Crippen molar-refractivity contribution >= 4 is 16.9 Å². The number of imidazole rings is 1. The van der Waals surface area contributed by atoms with E-state index in [2.05, 4.69) is 15.0 Å². The molecule has 0 aliphatic rings. The fourth-order valence-corrected chi connectivity index (χ4v) is 4.60. The zero-order valence-electron chi connectivity index (χ0n) is 22.0. The van der Waals surface area contributed by atoms with Crippen LogP contribution < -0.4 is 19.9 Å². The third-order valence-corrected chi connectivity index (χ3v) is 6.60. The fourth-order valence-electron chi connectivity index (χ4n) is 4.60. The van der Waals surface area contributed by atoms with Gasteiger partial charge in [-0.25, -0.2) is 15.0 Å². The van der Waals surface area contributed by atoms with Crippen LogP contribution in [0.4, 0.5) is 5.82 Å². The Labute approximate surface area is 231 Å². The summed E-state index contributed by atoms with van der Waals surface area (Å²) in [4.78, 5) is 12.9. The maximum Gasteiger partial charge on any atom is 0.161 e. The van der Waals surface area contributed by atoms with Crippen molar-refractivity contribution in [1.82, 2.24) is 24.1 Å². The molecule has 0 aliphatic heterocycles. The number of benzene rings is 3. The monoisotopic (exact) mass is 532 g/mol. The van der Waals surface area contributed by atoms with Crippen molar-refractivity contribution < 1.29 is 14.2 Å². The average Bonchev–Trinajstić information content (AvgIpc) is 3.66. The van der Waals surface area contributed by atoms with E-state index in [9.17, 15) is 0 Å². The van der Waals surface area contributed by atoms with Crippen LogP contribution in [0.2, 0.25) is 0 Å². The van der Waals surface area contributed by atoms with Gasteiger partial charge in [-0.15, -0.1) is 0 Å². The third kappa shape index (κ3) is 5.17. The van der Waals surface area contributed by atoms with Gasteiger partial charge in [-0.3, -0.25) is 0 Å². The van der Waals surface area contributed by atoms with Gasteiger partial charge in [-0.05, 0) is 35.4 Å². The van der Waals surface area contributed by atoms with Crippen LogP contribution in [0.5, 0.6) is 17.2 Å². The van der Waals surface area contributed by atoms with Crippen molar-refractivity contribution in [3.05, 3.63) is 110 Å². The molecule has 0 aliphatic carbocycles. The smallest absolute Gasteiger partial charge is 0.161 e. The number of ether oxygens (including phenoxy) is 3. The molecule has 40 heavy (non-hydrogen) atoms. The molecule has 9 nitrogen and oxygen atoms in total. The molecular weight excluding hydrogens is 504 g/mol. The van der Waals surface area contributed by atoms with Crippen LogP contribution >= 0.6 is 0 Å². The molecule has 3 heterocycles. The van der Waals surface area contributed by atoms with E-state index < -0.39 is 0 Å². The largest absolute Gasteiger partial charge is 0.493 e. The summed E-state index contributed by atoms with van der Waals surface area (Å²) in [5, 5.41) is 0.758. The molecular formula is C31H28N6O3. The Kier molecular flexibility index (Phi) is 7.00. The predicted molar refractivity (Wildman–Crippen MR) is 154 cm³/mol. The standard InChI is InChI=1S/C31H28N6O3/c1-38-28-16-23(10-11-27(28)40-19-22-6-3-2-4-7-22)26-18-37(31-29(26)30(32)34-20-35-31)24-8-5-9-25(17-24)39-15-14-36-13-12-33-21-36/h2-13,16-18,20-21H,14-15,19H2,1H3,(H2,32,34,35). The van der Waals surface area contributed by atoms with E-state index in [1.165, 1.54) is 6.33 Å². The van der Waals surface area contributed by atoms with Crippen molar-refractivity contribution in [3.8, 4) is 34.1 Å². The first kappa shape index (κ1) is 25.0. The van der Waals surface area contributed by atoms with Gasteiger partial charge in [-0.2, -0.15) is 0 Å². The highest BCUT2D eigenvalue weighted by Gasteiger charge is 2.18. The zero-order valence-corrected chi connectivity index (χ0v) is 22.0. The topological polar surface area (TPSA) is 102 Å². The summed E-state index contributed by atoms with van der Waals surface area (Å²) in [5.41, 5.74) is 10.8. The van der Waals surface area contributed by atoms with E-state index in [0.717, 1.165) is 33.5 Å². The summed E-state index contributed by atoms with van der Waals surface area (Å²) in [7, 11) is 1.63. The molecule has 0 saturated carbocycles. The SMILES string of the molecule is COc1cc(-c2cn(-c3cccc(OCCn4ccnc4)c3)c3ncnc(N)c23)ccc1OCc1ccccc1. The highest BCUT2D eigenvalue weighted by atomic mass is 16.5. The number of rotatable bonds is 10. The second kappa shape index (κ2) is 11.2. The van der Waals surface area contributed by atoms with Gasteiger partial charge in [0.2, 0.25) is 0 Å². The molecule has 2 N–H and O–H groups in total. The Morgan fingerprint density at radius 3 is 2.62 bits per heavy atom. The van der Waals surface area contributed by atoms with Crippen LogP contribution in [-0.4, -0.2) is 37.8 Å². The van der Waals surface area contributed by atoms with Crippen molar-refractivity contribution in [2.75, 3.05) is 19.5 Å². The van der Waals surface area contributed by atoms with Gasteiger partial charge in [0.15, 0.2) is 17.1 Å². The van der Waals surface area contributed by atoms with Gasteiger partial charge < -0.3 is 29.1 Å². The average molecular weight is 533 g/mol. The summed E-state index contributed by atoms with van der Waals surface area (Å²) in [5.74, 6) is 2.43. The Hall–Kier alpha value is -5.31. The normalized spacial score (nSPS) is 11.0.